The first kappa shape index (κ1) is 30.9. The number of aliphatic hydroxyl groups excluding tert-OH is 8. The Kier molecular flexibility index (Phi) is 8.77. The van der Waals surface area contributed by atoms with E-state index in [2.05, 4.69) is 0 Å². The van der Waals surface area contributed by atoms with Crippen LogP contribution in [0.2, 0.25) is 0 Å². The van der Waals surface area contributed by atoms with Crippen LogP contribution in [-0.4, -0.2) is 126 Å². The topological polar surface area (TPSA) is 269 Å². The molecule has 5 rings (SSSR count). The van der Waals surface area contributed by atoms with Crippen LogP contribution in [-0.2, 0) is 9.47 Å². The van der Waals surface area contributed by atoms with Crippen LogP contribution in [0.25, 0.3) is 22.3 Å². The lowest BCUT2D eigenvalue weighted by molar-refractivity contribution is -0.277. The maximum atomic E-state index is 12.9. The molecule has 2 unspecified atom stereocenters. The molecule has 2 aliphatic rings. The molecule has 16 heteroatoms. The van der Waals surface area contributed by atoms with Crippen molar-refractivity contribution >= 4 is 11.0 Å². The van der Waals surface area contributed by atoms with E-state index in [9.17, 15) is 55.9 Å². The molecule has 2 saturated heterocycles. The van der Waals surface area contributed by atoms with Crippen LogP contribution in [0.1, 0.15) is 0 Å². The molecule has 3 heterocycles. The van der Waals surface area contributed by atoms with Crippen molar-refractivity contribution in [1.82, 2.24) is 0 Å². The zero-order valence-electron chi connectivity index (χ0n) is 22.1. The molecular weight excluding hydrogens is 580 g/mol. The van der Waals surface area contributed by atoms with Gasteiger partial charge in [0.05, 0.1) is 13.2 Å². The number of aliphatic hydroxyl groups is 8. The van der Waals surface area contributed by atoms with E-state index < -0.39 is 91.6 Å². The minimum absolute atomic E-state index is 0.0726. The summed E-state index contributed by atoms with van der Waals surface area (Å²) < 4.78 is 27.3. The molecule has 10 N–H and O–H groups in total. The molecular formula is C27H30O16. The second-order valence-corrected chi connectivity index (χ2v) is 10.1. The number of phenols is 2. The summed E-state index contributed by atoms with van der Waals surface area (Å²) in [5.74, 6) is -1.51. The van der Waals surface area contributed by atoms with Crippen molar-refractivity contribution in [3.05, 3.63) is 46.6 Å². The Morgan fingerprint density at radius 2 is 1.26 bits per heavy atom. The van der Waals surface area contributed by atoms with Gasteiger partial charge in [-0.25, -0.2) is 0 Å². The van der Waals surface area contributed by atoms with Gasteiger partial charge < -0.3 is 74.4 Å². The van der Waals surface area contributed by atoms with Crippen molar-refractivity contribution in [3.8, 4) is 34.3 Å². The molecule has 0 radical (unpaired) electrons. The third kappa shape index (κ3) is 5.85. The number of hydrogen-bond donors (Lipinski definition) is 10. The lowest BCUT2D eigenvalue weighted by Gasteiger charge is -2.39. The van der Waals surface area contributed by atoms with Gasteiger partial charge in [-0.15, -0.1) is 0 Å². The highest BCUT2D eigenvalue weighted by Gasteiger charge is 2.46. The minimum atomic E-state index is -1.74. The summed E-state index contributed by atoms with van der Waals surface area (Å²) in [5.41, 5.74) is -0.685. The van der Waals surface area contributed by atoms with Crippen LogP contribution < -0.4 is 14.9 Å². The lowest BCUT2D eigenvalue weighted by Crippen LogP contribution is -2.60. The summed E-state index contributed by atoms with van der Waals surface area (Å²) in [6.07, 6.45) is -15.7. The Morgan fingerprint density at radius 1 is 0.674 bits per heavy atom. The van der Waals surface area contributed by atoms with Gasteiger partial charge in [-0.1, -0.05) is 0 Å². The molecule has 0 bridgehead atoms. The second kappa shape index (κ2) is 12.2. The molecule has 0 spiro atoms. The monoisotopic (exact) mass is 610 g/mol. The van der Waals surface area contributed by atoms with Crippen molar-refractivity contribution in [2.24, 2.45) is 0 Å². The fourth-order valence-corrected chi connectivity index (χ4v) is 4.81. The van der Waals surface area contributed by atoms with E-state index in [1.54, 1.807) is 0 Å². The number of benzene rings is 2. The third-order valence-corrected chi connectivity index (χ3v) is 7.22. The van der Waals surface area contributed by atoms with Gasteiger partial charge in [0.2, 0.25) is 12.6 Å². The predicted octanol–water partition coefficient (Wildman–Crippen LogP) is -2.77. The normalized spacial score (nSPS) is 32.9. The van der Waals surface area contributed by atoms with Gasteiger partial charge in [-0.3, -0.25) is 4.79 Å². The Morgan fingerprint density at radius 3 is 1.81 bits per heavy atom. The van der Waals surface area contributed by atoms with Crippen molar-refractivity contribution in [1.29, 1.82) is 0 Å². The van der Waals surface area contributed by atoms with E-state index in [0.717, 1.165) is 18.2 Å². The number of fused-ring (bicyclic) bond motifs is 1. The average molecular weight is 611 g/mol. The zero-order chi connectivity index (χ0) is 31.2. The maximum absolute atomic E-state index is 12.9. The Balaban J connectivity index is 1.41. The molecule has 3 aromatic rings. The van der Waals surface area contributed by atoms with Crippen molar-refractivity contribution in [2.75, 3.05) is 13.2 Å². The van der Waals surface area contributed by atoms with E-state index in [1.165, 1.54) is 18.2 Å². The summed E-state index contributed by atoms with van der Waals surface area (Å²) in [4.78, 5) is 12.9. The summed E-state index contributed by atoms with van der Waals surface area (Å²) in [6.45, 7) is -1.37. The molecule has 16 nitrogen and oxygen atoms in total. The fraction of sp³-hybridized carbons (Fsp3) is 0.444. The second-order valence-electron chi connectivity index (χ2n) is 10.1. The zero-order valence-corrected chi connectivity index (χ0v) is 22.1. The van der Waals surface area contributed by atoms with Crippen LogP contribution in [0, 0.1) is 0 Å². The molecule has 10 atom stereocenters. The van der Waals surface area contributed by atoms with E-state index in [-0.39, 0.29) is 33.8 Å². The Labute approximate surface area is 241 Å². The number of aromatic hydroxyl groups is 2. The van der Waals surface area contributed by atoms with E-state index in [4.69, 9.17) is 23.4 Å². The summed E-state index contributed by atoms with van der Waals surface area (Å²) in [6, 6.07) is 7.05. The van der Waals surface area contributed by atoms with Crippen molar-refractivity contribution in [2.45, 2.75) is 61.4 Å². The molecule has 0 aliphatic carbocycles. The SMILES string of the molecule is O=c1cc(-c2ccc(OC3O[C@H](CO)[C@@H](O)[C@H](O)[C@H]3O)c(O)c2)oc2cc(OC3O[C@H](CO)[C@@H](O)[C@H](O)[C@H]3O)cc(O)c12. The van der Waals surface area contributed by atoms with Crippen molar-refractivity contribution < 1.29 is 74.4 Å². The molecule has 2 aromatic carbocycles. The highest BCUT2D eigenvalue weighted by Crippen LogP contribution is 2.37. The standard InChI is InChI=1S/C27H30O16/c28-7-17-20(33)22(35)24(37)26(42-17)39-10-4-12(31)19-13(32)6-15(40-16(19)5-10)9-1-2-14(11(30)3-9)41-27-25(38)23(36)21(34)18(8-29)43-27/h1-6,17-18,20-31,33-38H,7-8H2/t17-,18-,20-,21-,22+,23+,24-,25-,26?,27?/m1/s1. The molecule has 43 heavy (non-hydrogen) atoms. The van der Waals surface area contributed by atoms with Gasteiger partial charge >= 0.3 is 0 Å². The number of ether oxygens (including phenoxy) is 4. The molecule has 2 fully saturated rings. The number of hydrogen-bond acceptors (Lipinski definition) is 16. The fourth-order valence-electron chi connectivity index (χ4n) is 4.81. The quantitative estimate of drug-likeness (QED) is 0.130. The first-order valence-electron chi connectivity index (χ1n) is 13.0. The number of phenolic OH excluding ortho intramolecular Hbond substituents is 2. The molecule has 1 aromatic heterocycles. The predicted molar refractivity (Wildman–Crippen MR) is 140 cm³/mol. The van der Waals surface area contributed by atoms with Crippen LogP contribution in [0.4, 0.5) is 0 Å². The van der Waals surface area contributed by atoms with Crippen LogP contribution in [0.3, 0.4) is 0 Å². The highest BCUT2D eigenvalue weighted by atomic mass is 16.7. The largest absolute Gasteiger partial charge is 0.507 e. The van der Waals surface area contributed by atoms with E-state index in [0.29, 0.717) is 0 Å². The summed E-state index contributed by atoms with van der Waals surface area (Å²) in [5, 5.41) is 99.9. The molecule has 234 valence electrons. The van der Waals surface area contributed by atoms with Crippen LogP contribution in [0.5, 0.6) is 23.0 Å². The Bertz CT molecular complexity index is 1500. The van der Waals surface area contributed by atoms with Crippen LogP contribution >= 0.6 is 0 Å². The van der Waals surface area contributed by atoms with Gasteiger partial charge in [0.25, 0.3) is 0 Å². The van der Waals surface area contributed by atoms with E-state index >= 15 is 0 Å². The maximum Gasteiger partial charge on any atom is 0.229 e. The van der Waals surface area contributed by atoms with Crippen molar-refractivity contribution in [3.63, 3.8) is 0 Å². The molecule has 0 saturated carbocycles. The average Bonchev–Trinajstić information content (AvgIpc) is 2.98. The summed E-state index contributed by atoms with van der Waals surface area (Å²) >= 11 is 0. The first-order chi connectivity index (χ1) is 20.4. The van der Waals surface area contributed by atoms with Gasteiger partial charge in [0.15, 0.2) is 16.9 Å². The smallest absolute Gasteiger partial charge is 0.229 e. The Hall–Kier alpha value is -3.55. The number of rotatable bonds is 7. The first-order valence-corrected chi connectivity index (χ1v) is 13.0. The van der Waals surface area contributed by atoms with Gasteiger partial charge in [-0.2, -0.15) is 0 Å². The van der Waals surface area contributed by atoms with Crippen LogP contribution in [0.15, 0.2) is 45.6 Å². The highest BCUT2D eigenvalue weighted by molar-refractivity contribution is 5.86. The van der Waals surface area contributed by atoms with Gasteiger partial charge in [0.1, 0.15) is 77.1 Å². The molecule has 2 aliphatic heterocycles. The third-order valence-electron chi connectivity index (χ3n) is 7.22. The molecule has 0 amide bonds. The van der Waals surface area contributed by atoms with Gasteiger partial charge in [0, 0.05) is 23.8 Å². The van der Waals surface area contributed by atoms with E-state index in [1.807, 2.05) is 0 Å². The lowest BCUT2D eigenvalue weighted by atomic mass is 9.99. The summed E-state index contributed by atoms with van der Waals surface area (Å²) in [7, 11) is 0. The minimum Gasteiger partial charge on any atom is -0.507 e. The van der Waals surface area contributed by atoms with Gasteiger partial charge in [-0.05, 0) is 18.2 Å².